The topological polar surface area (TPSA) is 46.5 Å². The van der Waals surface area contributed by atoms with Crippen LogP contribution in [-0.2, 0) is 9.53 Å². The van der Waals surface area contributed by atoms with E-state index < -0.39 is 12.1 Å². The van der Waals surface area contributed by atoms with Crippen molar-refractivity contribution < 1.29 is 14.6 Å². The minimum Gasteiger partial charge on any atom is -0.464 e. The summed E-state index contributed by atoms with van der Waals surface area (Å²) in [6.45, 7) is 2.07. The van der Waals surface area contributed by atoms with Crippen LogP contribution in [0.1, 0.15) is 39.0 Å². The van der Waals surface area contributed by atoms with E-state index in [4.69, 9.17) is 4.74 Å². The van der Waals surface area contributed by atoms with Gasteiger partial charge in [0, 0.05) is 6.42 Å². The van der Waals surface area contributed by atoms with Crippen molar-refractivity contribution in [2.45, 2.75) is 45.1 Å². The molecule has 0 saturated heterocycles. The van der Waals surface area contributed by atoms with Crippen molar-refractivity contribution in [3.8, 4) is 0 Å². The van der Waals surface area contributed by atoms with Gasteiger partial charge >= 0.3 is 5.97 Å². The van der Waals surface area contributed by atoms with Crippen molar-refractivity contribution >= 4 is 5.97 Å². The minimum atomic E-state index is -0.973. The Kier molecular flexibility index (Phi) is 4.66. The summed E-state index contributed by atoms with van der Waals surface area (Å²) in [5.74, 6) is -0.501. The number of allylic oxidation sites excluding steroid dienone is 1. The Hall–Kier alpha value is -0.830. The Bertz CT molecular complexity index is 221. The highest BCUT2D eigenvalue weighted by atomic mass is 16.5. The lowest BCUT2D eigenvalue weighted by molar-refractivity contribution is -0.152. The lowest BCUT2D eigenvalue weighted by Crippen LogP contribution is -2.23. The maximum absolute atomic E-state index is 11.1. The first-order chi connectivity index (χ1) is 6.74. The second-order valence-electron chi connectivity index (χ2n) is 3.58. The number of carbonyl (C=O) groups is 1. The van der Waals surface area contributed by atoms with Crippen molar-refractivity contribution in [1.29, 1.82) is 0 Å². The molecule has 0 aromatic heterocycles. The highest BCUT2D eigenvalue weighted by molar-refractivity contribution is 5.74. The zero-order chi connectivity index (χ0) is 10.4. The first-order valence-corrected chi connectivity index (χ1v) is 5.26. The van der Waals surface area contributed by atoms with Crippen LogP contribution < -0.4 is 0 Å². The SMILES string of the molecule is CCOC(=O)[C@@H](O)CC1=CCCCC1. The van der Waals surface area contributed by atoms with Gasteiger partial charge in [-0.2, -0.15) is 0 Å². The van der Waals surface area contributed by atoms with E-state index in [1.807, 2.05) is 0 Å². The van der Waals surface area contributed by atoms with Crippen LogP contribution >= 0.6 is 0 Å². The van der Waals surface area contributed by atoms with E-state index in [2.05, 4.69) is 6.08 Å². The molecule has 1 aliphatic carbocycles. The van der Waals surface area contributed by atoms with Crippen LogP contribution in [0.15, 0.2) is 11.6 Å². The molecule has 0 amide bonds. The maximum Gasteiger partial charge on any atom is 0.335 e. The second-order valence-corrected chi connectivity index (χ2v) is 3.58. The van der Waals surface area contributed by atoms with Gasteiger partial charge in [0.2, 0.25) is 0 Å². The van der Waals surface area contributed by atoms with Gasteiger partial charge in [0.1, 0.15) is 0 Å². The number of hydrogen-bond acceptors (Lipinski definition) is 3. The highest BCUT2D eigenvalue weighted by Crippen LogP contribution is 2.21. The lowest BCUT2D eigenvalue weighted by Gasteiger charge is -2.15. The summed E-state index contributed by atoms with van der Waals surface area (Å²) in [6.07, 6.45) is 6.08. The van der Waals surface area contributed by atoms with Crippen LogP contribution in [0, 0.1) is 0 Å². The summed E-state index contributed by atoms with van der Waals surface area (Å²) in [7, 11) is 0. The van der Waals surface area contributed by atoms with Crippen LogP contribution in [0.25, 0.3) is 0 Å². The predicted octanol–water partition coefficient (Wildman–Crippen LogP) is 1.80. The van der Waals surface area contributed by atoms with Gasteiger partial charge in [-0.05, 0) is 32.6 Å². The van der Waals surface area contributed by atoms with E-state index in [0.717, 1.165) is 12.8 Å². The number of aliphatic hydroxyl groups excluding tert-OH is 1. The fraction of sp³-hybridized carbons (Fsp3) is 0.727. The molecule has 0 bridgehead atoms. The zero-order valence-corrected chi connectivity index (χ0v) is 8.66. The molecule has 80 valence electrons. The third-order valence-corrected chi connectivity index (χ3v) is 2.40. The fourth-order valence-electron chi connectivity index (χ4n) is 1.66. The fourth-order valence-corrected chi connectivity index (χ4v) is 1.66. The number of ether oxygens (including phenoxy) is 1. The first-order valence-electron chi connectivity index (χ1n) is 5.26. The van der Waals surface area contributed by atoms with Gasteiger partial charge in [-0.15, -0.1) is 0 Å². The van der Waals surface area contributed by atoms with E-state index in [0.29, 0.717) is 13.0 Å². The first kappa shape index (κ1) is 11.2. The molecular formula is C11H18O3. The van der Waals surface area contributed by atoms with Crippen LogP contribution in [-0.4, -0.2) is 23.8 Å². The van der Waals surface area contributed by atoms with Crippen LogP contribution in [0.2, 0.25) is 0 Å². The molecule has 1 N–H and O–H groups in total. The Morgan fingerprint density at radius 3 is 3.00 bits per heavy atom. The molecule has 0 saturated carbocycles. The molecule has 1 atom stereocenters. The second kappa shape index (κ2) is 5.81. The smallest absolute Gasteiger partial charge is 0.335 e. The Morgan fingerprint density at radius 2 is 2.43 bits per heavy atom. The molecule has 0 aliphatic heterocycles. The molecule has 0 aromatic carbocycles. The van der Waals surface area contributed by atoms with Crippen molar-refractivity contribution in [3.05, 3.63) is 11.6 Å². The van der Waals surface area contributed by atoms with Gasteiger partial charge in [0.25, 0.3) is 0 Å². The number of esters is 1. The molecular weight excluding hydrogens is 180 g/mol. The van der Waals surface area contributed by atoms with E-state index in [-0.39, 0.29) is 0 Å². The summed E-state index contributed by atoms with van der Waals surface area (Å²) in [5, 5.41) is 9.49. The van der Waals surface area contributed by atoms with Crippen molar-refractivity contribution in [1.82, 2.24) is 0 Å². The summed E-state index contributed by atoms with van der Waals surface area (Å²) in [5.41, 5.74) is 1.19. The molecule has 0 aromatic rings. The monoisotopic (exact) mass is 198 g/mol. The van der Waals surface area contributed by atoms with E-state index in [1.165, 1.54) is 18.4 Å². The van der Waals surface area contributed by atoms with Gasteiger partial charge in [0.15, 0.2) is 6.10 Å². The van der Waals surface area contributed by atoms with E-state index in [1.54, 1.807) is 6.92 Å². The van der Waals surface area contributed by atoms with Crippen LogP contribution in [0.3, 0.4) is 0 Å². The molecule has 3 heteroatoms. The quantitative estimate of drug-likeness (QED) is 0.553. The summed E-state index contributed by atoms with van der Waals surface area (Å²) >= 11 is 0. The lowest BCUT2D eigenvalue weighted by atomic mass is 9.95. The van der Waals surface area contributed by atoms with Crippen molar-refractivity contribution in [2.24, 2.45) is 0 Å². The third kappa shape index (κ3) is 3.50. The molecule has 0 unspecified atom stereocenters. The number of hydrogen-bond donors (Lipinski definition) is 1. The zero-order valence-electron chi connectivity index (χ0n) is 8.66. The van der Waals surface area contributed by atoms with E-state index in [9.17, 15) is 9.90 Å². The molecule has 0 fully saturated rings. The molecule has 0 heterocycles. The van der Waals surface area contributed by atoms with Crippen molar-refractivity contribution in [2.75, 3.05) is 6.61 Å². The molecule has 1 rings (SSSR count). The van der Waals surface area contributed by atoms with Gasteiger partial charge in [-0.1, -0.05) is 11.6 Å². The highest BCUT2D eigenvalue weighted by Gasteiger charge is 2.18. The molecule has 3 nitrogen and oxygen atoms in total. The summed E-state index contributed by atoms with van der Waals surface area (Å²) in [4.78, 5) is 11.1. The van der Waals surface area contributed by atoms with Crippen LogP contribution in [0.4, 0.5) is 0 Å². The molecule has 0 radical (unpaired) electrons. The third-order valence-electron chi connectivity index (χ3n) is 2.40. The van der Waals surface area contributed by atoms with Crippen molar-refractivity contribution in [3.63, 3.8) is 0 Å². The largest absolute Gasteiger partial charge is 0.464 e. The maximum atomic E-state index is 11.1. The molecule has 0 spiro atoms. The number of rotatable bonds is 4. The van der Waals surface area contributed by atoms with E-state index >= 15 is 0 Å². The molecule has 1 aliphatic rings. The summed E-state index contributed by atoms with van der Waals surface area (Å²) in [6, 6.07) is 0. The van der Waals surface area contributed by atoms with Gasteiger partial charge in [-0.3, -0.25) is 0 Å². The Balaban J connectivity index is 2.35. The average Bonchev–Trinajstić information content (AvgIpc) is 2.19. The van der Waals surface area contributed by atoms with Gasteiger partial charge in [-0.25, -0.2) is 4.79 Å². The van der Waals surface area contributed by atoms with Gasteiger partial charge < -0.3 is 9.84 Å². The summed E-state index contributed by atoms with van der Waals surface area (Å²) < 4.78 is 4.73. The molecule has 14 heavy (non-hydrogen) atoms. The minimum absolute atomic E-state index is 0.328. The Morgan fingerprint density at radius 1 is 1.64 bits per heavy atom. The average molecular weight is 198 g/mol. The standard InChI is InChI=1S/C11H18O3/c1-2-14-11(13)10(12)8-9-6-4-3-5-7-9/h6,10,12H,2-5,7-8H2,1H3/t10-/m0/s1. The van der Waals surface area contributed by atoms with Gasteiger partial charge in [0.05, 0.1) is 6.61 Å². The van der Waals surface area contributed by atoms with Crippen LogP contribution in [0.5, 0.6) is 0 Å². The Labute approximate surface area is 84.8 Å². The number of aliphatic hydroxyl groups is 1. The predicted molar refractivity (Wildman–Crippen MR) is 53.8 cm³/mol. The normalized spacial score (nSPS) is 18.6. The number of carbonyl (C=O) groups excluding carboxylic acids is 1.